The lowest BCUT2D eigenvalue weighted by atomic mass is 10.4. The van der Waals surface area contributed by atoms with E-state index in [1.165, 1.54) is 5.56 Å². The second kappa shape index (κ2) is 11.8. The molecular formula is C16H29IN8. The number of aliphatic imine (C=N–C) groups is 1. The van der Waals surface area contributed by atoms with Crippen molar-refractivity contribution in [2.45, 2.75) is 46.7 Å². The Morgan fingerprint density at radius 1 is 1.24 bits per heavy atom. The lowest BCUT2D eigenvalue weighted by molar-refractivity contribution is 0.582. The van der Waals surface area contributed by atoms with Gasteiger partial charge in [0.2, 0.25) is 0 Å². The third kappa shape index (κ3) is 7.41. The van der Waals surface area contributed by atoms with Crippen molar-refractivity contribution in [2.24, 2.45) is 4.99 Å². The molecule has 0 aliphatic rings. The van der Waals surface area contributed by atoms with E-state index >= 15 is 0 Å². The van der Waals surface area contributed by atoms with Crippen molar-refractivity contribution < 1.29 is 0 Å². The molecule has 0 amide bonds. The first-order valence-corrected chi connectivity index (χ1v) is 8.60. The van der Waals surface area contributed by atoms with E-state index in [4.69, 9.17) is 0 Å². The molecule has 25 heavy (non-hydrogen) atoms. The maximum absolute atomic E-state index is 4.61. The Hall–Kier alpha value is -1.65. The molecule has 0 aliphatic carbocycles. The highest BCUT2D eigenvalue weighted by molar-refractivity contribution is 14.0. The quantitative estimate of drug-likeness (QED) is 0.257. The van der Waals surface area contributed by atoms with E-state index in [1.807, 2.05) is 10.9 Å². The summed E-state index contributed by atoms with van der Waals surface area (Å²) < 4.78 is 4.03. The molecule has 0 radical (unpaired) electrons. The monoisotopic (exact) mass is 460 g/mol. The van der Waals surface area contributed by atoms with Crippen molar-refractivity contribution in [3.63, 3.8) is 0 Å². The predicted molar refractivity (Wildman–Crippen MR) is 110 cm³/mol. The summed E-state index contributed by atoms with van der Waals surface area (Å²) >= 11 is 0. The highest BCUT2D eigenvalue weighted by atomic mass is 127. The number of hydrogen-bond acceptors (Lipinski definition) is 4. The van der Waals surface area contributed by atoms with E-state index in [9.17, 15) is 0 Å². The van der Waals surface area contributed by atoms with Gasteiger partial charge in [-0.15, -0.1) is 34.2 Å². The fourth-order valence-corrected chi connectivity index (χ4v) is 2.39. The smallest absolute Gasteiger partial charge is 0.191 e. The zero-order valence-electron chi connectivity index (χ0n) is 15.3. The number of nitrogens with one attached hydrogen (secondary N) is 2. The number of aryl methyl sites for hydroxylation is 3. The number of rotatable bonds is 9. The van der Waals surface area contributed by atoms with E-state index < -0.39 is 0 Å². The topological polar surface area (TPSA) is 85.0 Å². The largest absolute Gasteiger partial charge is 0.357 e. The van der Waals surface area contributed by atoms with E-state index in [-0.39, 0.29) is 24.0 Å². The van der Waals surface area contributed by atoms with Crippen LogP contribution in [0.2, 0.25) is 0 Å². The van der Waals surface area contributed by atoms with Crippen LogP contribution < -0.4 is 10.6 Å². The number of hydrogen-bond donors (Lipinski definition) is 2. The summed E-state index contributed by atoms with van der Waals surface area (Å²) in [6.45, 7) is 10.3. The lowest BCUT2D eigenvalue weighted by Crippen LogP contribution is -2.39. The second-order valence-corrected chi connectivity index (χ2v) is 5.62. The SMILES string of the molecule is CCNC(=NCCCn1cc(C)cn1)NCCn1cnnc1CC.I. The molecule has 8 nitrogen and oxygen atoms in total. The van der Waals surface area contributed by atoms with Gasteiger partial charge in [0.1, 0.15) is 12.2 Å². The van der Waals surface area contributed by atoms with Gasteiger partial charge in [0.15, 0.2) is 5.96 Å². The average Bonchev–Trinajstić information content (AvgIpc) is 3.20. The molecule has 0 saturated carbocycles. The first kappa shape index (κ1) is 21.4. The molecule has 2 aromatic heterocycles. The summed E-state index contributed by atoms with van der Waals surface area (Å²) in [5.74, 6) is 1.86. The summed E-state index contributed by atoms with van der Waals surface area (Å²) in [4.78, 5) is 4.61. The molecule has 2 rings (SSSR count). The number of guanidine groups is 1. The van der Waals surface area contributed by atoms with Crippen molar-refractivity contribution in [1.29, 1.82) is 0 Å². The Kier molecular flexibility index (Phi) is 10.1. The molecule has 0 fully saturated rings. The van der Waals surface area contributed by atoms with Gasteiger partial charge in [-0.1, -0.05) is 6.92 Å². The minimum Gasteiger partial charge on any atom is -0.357 e. The molecule has 0 spiro atoms. The molecule has 140 valence electrons. The molecule has 0 unspecified atom stereocenters. The van der Waals surface area contributed by atoms with Crippen molar-refractivity contribution in [3.05, 3.63) is 30.1 Å². The maximum atomic E-state index is 4.61. The standard InChI is InChI=1S/C16H28N8.HI/c1-4-15-22-20-13-23(15)10-8-19-16(17-5-2)18-7-6-9-24-12-14(3)11-21-24;/h11-13H,4-10H2,1-3H3,(H2,17,18,19);1H. The van der Waals surface area contributed by atoms with Crippen LogP contribution in [-0.2, 0) is 19.5 Å². The van der Waals surface area contributed by atoms with Crippen LogP contribution in [0.5, 0.6) is 0 Å². The van der Waals surface area contributed by atoms with Crippen molar-refractivity contribution in [2.75, 3.05) is 19.6 Å². The Morgan fingerprint density at radius 3 is 2.76 bits per heavy atom. The van der Waals surface area contributed by atoms with Gasteiger partial charge in [0, 0.05) is 45.3 Å². The normalized spacial score (nSPS) is 11.2. The molecule has 2 heterocycles. The van der Waals surface area contributed by atoms with Crippen LogP contribution >= 0.6 is 24.0 Å². The van der Waals surface area contributed by atoms with Gasteiger partial charge < -0.3 is 15.2 Å². The minimum absolute atomic E-state index is 0. The highest BCUT2D eigenvalue weighted by Crippen LogP contribution is 1.96. The molecular weight excluding hydrogens is 431 g/mol. The summed E-state index contributed by atoms with van der Waals surface area (Å²) in [7, 11) is 0. The van der Waals surface area contributed by atoms with Crippen molar-refractivity contribution in [1.82, 2.24) is 35.2 Å². The minimum atomic E-state index is 0. The Morgan fingerprint density at radius 2 is 2.08 bits per heavy atom. The highest BCUT2D eigenvalue weighted by Gasteiger charge is 2.02. The number of aromatic nitrogens is 5. The first-order chi connectivity index (χ1) is 11.7. The van der Waals surface area contributed by atoms with E-state index in [2.05, 4.69) is 62.5 Å². The van der Waals surface area contributed by atoms with Gasteiger partial charge in [0.25, 0.3) is 0 Å². The summed E-state index contributed by atoms with van der Waals surface area (Å²) in [5.41, 5.74) is 1.19. The van der Waals surface area contributed by atoms with E-state index in [0.717, 1.165) is 57.3 Å². The van der Waals surface area contributed by atoms with Crippen LogP contribution in [0.1, 0.15) is 31.7 Å². The van der Waals surface area contributed by atoms with Crippen molar-refractivity contribution >= 4 is 29.9 Å². The molecule has 2 N–H and O–H groups in total. The molecule has 0 aliphatic heterocycles. The first-order valence-electron chi connectivity index (χ1n) is 8.60. The molecule has 0 saturated heterocycles. The average molecular weight is 460 g/mol. The van der Waals surface area contributed by atoms with Crippen LogP contribution in [0.4, 0.5) is 0 Å². The summed E-state index contributed by atoms with van der Waals surface area (Å²) in [6.07, 6.45) is 7.56. The third-order valence-electron chi connectivity index (χ3n) is 3.58. The Labute approximate surface area is 166 Å². The zero-order valence-corrected chi connectivity index (χ0v) is 17.6. The van der Waals surface area contributed by atoms with E-state index in [1.54, 1.807) is 6.33 Å². The van der Waals surface area contributed by atoms with Gasteiger partial charge in [-0.05, 0) is 25.8 Å². The van der Waals surface area contributed by atoms with Crippen LogP contribution in [-0.4, -0.2) is 50.1 Å². The van der Waals surface area contributed by atoms with E-state index in [0.29, 0.717) is 0 Å². The fraction of sp³-hybridized carbons (Fsp3) is 0.625. The lowest BCUT2D eigenvalue weighted by Gasteiger charge is -2.12. The van der Waals surface area contributed by atoms with Crippen molar-refractivity contribution in [3.8, 4) is 0 Å². The molecule has 9 heteroatoms. The summed E-state index contributed by atoms with van der Waals surface area (Å²) in [6, 6.07) is 0. The van der Waals surface area contributed by atoms with Gasteiger partial charge >= 0.3 is 0 Å². The number of halogens is 1. The van der Waals surface area contributed by atoms with Crippen LogP contribution in [0.15, 0.2) is 23.7 Å². The zero-order chi connectivity index (χ0) is 17.2. The predicted octanol–water partition coefficient (Wildman–Crippen LogP) is 1.61. The van der Waals surface area contributed by atoms with Crippen LogP contribution in [0.25, 0.3) is 0 Å². The maximum Gasteiger partial charge on any atom is 0.191 e. The van der Waals surface area contributed by atoms with Gasteiger partial charge in [-0.2, -0.15) is 5.10 Å². The summed E-state index contributed by atoms with van der Waals surface area (Å²) in [5, 5.41) is 18.9. The van der Waals surface area contributed by atoms with Crippen LogP contribution in [0, 0.1) is 6.92 Å². The van der Waals surface area contributed by atoms with Gasteiger partial charge in [-0.25, -0.2) is 0 Å². The Balaban J connectivity index is 0.00000312. The molecule has 0 bridgehead atoms. The molecule has 2 aromatic rings. The molecule has 0 aromatic carbocycles. The second-order valence-electron chi connectivity index (χ2n) is 5.62. The number of nitrogens with zero attached hydrogens (tertiary/aromatic N) is 6. The molecule has 0 atom stereocenters. The van der Waals surface area contributed by atoms with Gasteiger partial charge in [0.05, 0.1) is 6.20 Å². The van der Waals surface area contributed by atoms with Crippen LogP contribution in [0.3, 0.4) is 0 Å². The third-order valence-corrected chi connectivity index (χ3v) is 3.58. The fourth-order valence-electron chi connectivity index (χ4n) is 2.39. The Bertz CT molecular complexity index is 634. The van der Waals surface area contributed by atoms with Gasteiger partial charge in [-0.3, -0.25) is 9.67 Å².